The zero-order valence-electron chi connectivity index (χ0n) is 16.2. The monoisotopic (exact) mass is 376 g/mol. The molecule has 5 heteroatoms. The van der Waals surface area contributed by atoms with Gasteiger partial charge in [-0.05, 0) is 55.0 Å². The van der Waals surface area contributed by atoms with Crippen molar-refractivity contribution in [2.45, 2.75) is 50.4 Å². The number of nitrogens with zero attached hydrogens (tertiary/aromatic N) is 4. The molecule has 27 heavy (non-hydrogen) atoms. The van der Waals surface area contributed by atoms with Crippen LogP contribution in [-0.2, 0) is 6.42 Å². The fourth-order valence-corrected chi connectivity index (χ4v) is 4.31. The molecule has 0 unspecified atom stereocenters. The van der Waals surface area contributed by atoms with Crippen molar-refractivity contribution < 1.29 is 0 Å². The Morgan fingerprint density at radius 2 is 1.81 bits per heavy atom. The summed E-state index contributed by atoms with van der Waals surface area (Å²) in [5.74, 6) is 1.28. The summed E-state index contributed by atoms with van der Waals surface area (Å²) in [5.41, 5.74) is 6.17. The number of aromatic nitrogens is 3. The Morgan fingerprint density at radius 1 is 1.04 bits per heavy atom. The summed E-state index contributed by atoms with van der Waals surface area (Å²) in [6, 6.07) is 17.1. The van der Waals surface area contributed by atoms with Crippen LogP contribution in [-0.4, -0.2) is 25.8 Å². The fourth-order valence-electron chi connectivity index (χ4n) is 3.37. The quantitative estimate of drug-likeness (QED) is 0.644. The zero-order valence-corrected chi connectivity index (χ0v) is 17.0. The molecule has 0 radical (unpaired) electrons. The van der Waals surface area contributed by atoms with Gasteiger partial charge in [-0.15, -0.1) is 10.2 Å². The van der Waals surface area contributed by atoms with Crippen molar-refractivity contribution in [3.8, 4) is 0 Å². The van der Waals surface area contributed by atoms with Crippen molar-refractivity contribution in [2.75, 3.05) is 0 Å². The van der Waals surface area contributed by atoms with E-state index in [1.165, 1.54) is 22.3 Å². The van der Waals surface area contributed by atoms with E-state index in [0.29, 0.717) is 5.92 Å². The van der Waals surface area contributed by atoms with E-state index in [1.54, 1.807) is 11.8 Å². The summed E-state index contributed by atoms with van der Waals surface area (Å²) in [7, 11) is 0. The van der Waals surface area contributed by atoms with Crippen LogP contribution in [0.5, 0.6) is 0 Å². The minimum absolute atomic E-state index is 0.253. The van der Waals surface area contributed by atoms with Crippen molar-refractivity contribution in [1.29, 1.82) is 0 Å². The molecular weight excluding hydrogens is 352 g/mol. The van der Waals surface area contributed by atoms with E-state index in [9.17, 15) is 0 Å². The van der Waals surface area contributed by atoms with Crippen LogP contribution < -0.4 is 0 Å². The van der Waals surface area contributed by atoms with Gasteiger partial charge in [0.2, 0.25) is 5.16 Å². The first-order valence-electron chi connectivity index (χ1n) is 9.35. The normalized spacial score (nSPS) is 17.3. The van der Waals surface area contributed by atoms with Crippen LogP contribution in [0.25, 0.3) is 0 Å². The van der Waals surface area contributed by atoms with Gasteiger partial charge >= 0.3 is 0 Å². The Balaban J connectivity index is 1.67. The van der Waals surface area contributed by atoms with Crippen molar-refractivity contribution in [1.82, 2.24) is 14.9 Å². The molecule has 0 amide bonds. The molecule has 1 aliphatic rings. The molecule has 1 aromatic heterocycles. The third-order valence-electron chi connectivity index (χ3n) is 5.21. The molecule has 1 aliphatic heterocycles. The second-order valence-electron chi connectivity index (χ2n) is 7.27. The molecule has 2 heterocycles. The lowest BCUT2D eigenvalue weighted by Gasteiger charge is -2.21. The average Bonchev–Trinajstić information content (AvgIpc) is 3.05. The maximum atomic E-state index is 4.96. The molecule has 138 valence electrons. The molecule has 0 fully saturated rings. The maximum absolute atomic E-state index is 4.96. The van der Waals surface area contributed by atoms with Gasteiger partial charge in [0.25, 0.3) is 0 Å². The molecule has 0 saturated carbocycles. The third kappa shape index (κ3) is 3.56. The van der Waals surface area contributed by atoms with E-state index in [0.717, 1.165) is 23.1 Å². The highest BCUT2D eigenvalue weighted by Gasteiger charge is 2.26. The minimum atomic E-state index is 0.253. The van der Waals surface area contributed by atoms with Gasteiger partial charge in [0.05, 0.1) is 11.0 Å². The van der Waals surface area contributed by atoms with Crippen molar-refractivity contribution in [3.63, 3.8) is 0 Å². The van der Waals surface area contributed by atoms with Gasteiger partial charge in [0, 0.05) is 6.42 Å². The molecule has 2 atom stereocenters. The second-order valence-corrected chi connectivity index (χ2v) is 8.58. The lowest BCUT2D eigenvalue weighted by atomic mass is 9.98. The molecule has 4 nitrogen and oxygen atoms in total. The molecule has 0 N–H and O–H groups in total. The maximum Gasteiger partial charge on any atom is 0.212 e. The zero-order chi connectivity index (χ0) is 19.0. The van der Waals surface area contributed by atoms with Gasteiger partial charge in [-0.25, -0.2) is 0 Å². The summed E-state index contributed by atoms with van der Waals surface area (Å²) >= 11 is 1.73. The predicted octanol–water partition coefficient (Wildman–Crippen LogP) is 4.99. The van der Waals surface area contributed by atoms with Gasteiger partial charge in [0.15, 0.2) is 5.82 Å². The molecule has 2 aromatic carbocycles. The summed E-state index contributed by atoms with van der Waals surface area (Å²) in [6.07, 6.45) is 0.815. The highest BCUT2D eigenvalue weighted by Crippen LogP contribution is 2.31. The molecular formula is C22H24N4S. The van der Waals surface area contributed by atoms with Crippen LogP contribution in [0.4, 0.5) is 0 Å². The molecule has 0 spiro atoms. The SMILES string of the molecule is Cc1ccc(C2=Nn3c(C[C@H](C)c4ccccc4)nnc3S[C@H]2C)cc1C. The number of aryl methyl sites for hydroxylation is 2. The topological polar surface area (TPSA) is 43.1 Å². The first-order chi connectivity index (χ1) is 13.0. The smallest absolute Gasteiger partial charge is 0.191 e. The minimum Gasteiger partial charge on any atom is -0.191 e. The molecule has 3 aromatic rings. The van der Waals surface area contributed by atoms with Crippen LogP contribution in [0.15, 0.2) is 58.8 Å². The molecule has 0 aliphatic carbocycles. The van der Waals surface area contributed by atoms with E-state index in [4.69, 9.17) is 5.10 Å². The van der Waals surface area contributed by atoms with Crippen molar-refractivity contribution in [2.24, 2.45) is 5.10 Å². The van der Waals surface area contributed by atoms with Gasteiger partial charge < -0.3 is 0 Å². The second kappa shape index (κ2) is 7.31. The summed E-state index contributed by atoms with van der Waals surface area (Å²) in [5, 5.41) is 14.9. The first kappa shape index (κ1) is 18.0. The van der Waals surface area contributed by atoms with Crippen molar-refractivity contribution >= 4 is 17.5 Å². The number of benzene rings is 2. The lowest BCUT2D eigenvalue weighted by molar-refractivity contribution is 0.648. The van der Waals surface area contributed by atoms with E-state index in [1.807, 2.05) is 10.7 Å². The highest BCUT2D eigenvalue weighted by molar-refractivity contribution is 8.00. The van der Waals surface area contributed by atoms with Gasteiger partial charge in [-0.2, -0.15) is 9.78 Å². The third-order valence-corrected chi connectivity index (χ3v) is 6.25. The van der Waals surface area contributed by atoms with Crippen LogP contribution in [0.2, 0.25) is 0 Å². The van der Waals surface area contributed by atoms with Crippen LogP contribution in [0.3, 0.4) is 0 Å². The largest absolute Gasteiger partial charge is 0.212 e. The lowest BCUT2D eigenvalue weighted by Crippen LogP contribution is -2.22. The van der Waals surface area contributed by atoms with E-state index >= 15 is 0 Å². The van der Waals surface area contributed by atoms with Gasteiger partial charge in [-0.1, -0.05) is 61.2 Å². The Bertz CT molecular complexity index is 991. The number of rotatable bonds is 4. The number of fused-ring (bicyclic) bond motifs is 1. The van der Waals surface area contributed by atoms with Crippen LogP contribution in [0.1, 0.15) is 47.8 Å². The standard InChI is InChI=1S/C22H24N4S/c1-14-10-11-19(12-15(14)2)21-17(4)27-22-24-23-20(26(22)25-21)13-16(3)18-8-6-5-7-9-18/h5-12,16-17H,13H2,1-4H3/t16-,17-/m0/s1. The van der Waals surface area contributed by atoms with Gasteiger partial charge in [-0.3, -0.25) is 0 Å². The molecule has 0 bridgehead atoms. The van der Waals surface area contributed by atoms with Crippen LogP contribution >= 0.6 is 11.8 Å². The van der Waals surface area contributed by atoms with Crippen molar-refractivity contribution in [3.05, 3.63) is 76.6 Å². The summed E-state index contributed by atoms with van der Waals surface area (Å²) in [4.78, 5) is 0. The Labute approximate surface area is 164 Å². The van der Waals surface area contributed by atoms with Crippen LogP contribution in [0, 0.1) is 13.8 Å². The average molecular weight is 377 g/mol. The predicted molar refractivity (Wildman–Crippen MR) is 112 cm³/mol. The Kier molecular flexibility index (Phi) is 4.87. The fraction of sp³-hybridized carbons (Fsp3) is 0.318. The summed E-state index contributed by atoms with van der Waals surface area (Å²) < 4.78 is 1.94. The Morgan fingerprint density at radius 3 is 2.56 bits per heavy atom. The number of hydrogen-bond acceptors (Lipinski definition) is 4. The molecule has 4 rings (SSSR count). The van der Waals surface area contributed by atoms with Gasteiger partial charge in [0.1, 0.15) is 0 Å². The summed E-state index contributed by atoms with van der Waals surface area (Å²) in [6.45, 7) is 8.70. The Hall–Kier alpha value is -2.40. The molecule has 0 saturated heterocycles. The highest BCUT2D eigenvalue weighted by atomic mass is 32.2. The number of thioether (sulfide) groups is 1. The van der Waals surface area contributed by atoms with E-state index in [-0.39, 0.29) is 5.25 Å². The number of hydrogen-bond donors (Lipinski definition) is 0. The van der Waals surface area contributed by atoms with E-state index in [2.05, 4.69) is 80.4 Å². The van der Waals surface area contributed by atoms with E-state index < -0.39 is 0 Å². The first-order valence-corrected chi connectivity index (χ1v) is 10.2.